The number of carbonyl (C=O) groups excluding carboxylic acids is 3. The number of nitrogens with zero attached hydrogens (tertiary/aromatic N) is 3. The first-order valence-electron chi connectivity index (χ1n) is 11.2. The van der Waals surface area contributed by atoms with Crippen LogP contribution in [0.1, 0.15) is 24.1 Å². The fourth-order valence-corrected chi connectivity index (χ4v) is 4.59. The van der Waals surface area contributed by atoms with Crippen molar-refractivity contribution in [3.8, 4) is 16.3 Å². The number of benzene rings is 1. The standard InChI is InChI=1S/C25H18BF2N3O5S/c27-26(28)30-18(6-10-21(30)22-2-1-13-37-22)14-17-5-9-20(29-17)16-3-7-19(8-4-16)35-15-25(34)36-31-23(32)11-12-24(31)33/h1-10,13-14H,11-12,15H2/b17-14-. The van der Waals surface area contributed by atoms with Crippen molar-refractivity contribution in [1.29, 1.82) is 0 Å². The fourth-order valence-electron chi connectivity index (χ4n) is 3.85. The summed E-state index contributed by atoms with van der Waals surface area (Å²) < 4.78 is 34.0. The summed E-state index contributed by atoms with van der Waals surface area (Å²) in [6, 6.07) is 13.6. The summed E-state index contributed by atoms with van der Waals surface area (Å²) in [5.74, 6) is -1.63. The number of hydrogen-bond acceptors (Lipinski definition) is 7. The number of halogens is 2. The number of thiophene rings is 1. The molecule has 4 heterocycles. The molecule has 12 heteroatoms. The largest absolute Gasteiger partial charge is 0.678 e. The molecular weight excluding hydrogens is 503 g/mol. The Bertz CT molecular complexity index is 1430. The molecule has 0 unspecified atom stereocenters. The molecular formula is C25H18BF2N3O5S. The molecule has 2 aliphatic rings. The maximum absolute atomic E-state index is 13.8. The van der Waals surface area contributed by atoms with Crippen LogP contribution in [0.4, 0.5) is 8.63 Å². The Kier molecular flexibility index (Phi) is 6.82. The maximum Gasteiger partial charge on any atom is 0.678 e. The van der Waals surface area contributed by atoms with Crippen molar-refractivity contribution in [3.63, 3.8) is 0 Å². The Balaban J connectivity index is 1.23. The van der Waals surface area contributed by atoms with Crippen LogP contribution in [0, 0.1) is 0 Å². The number of amides is 2. The van der Waals surface area contributed by atoms with E-state index >= 15 is 0 Å². The second kappa shape index (κ2) is 10.4. The number of hydrogen-bond donors (Lipinski definition) is 0. The number of imide groups is 1. The first-order valence-corrected chi connectivity index (χ1v) is 12.1. The summed E-state index contributed by atoms with van der Waals surface area (Å²) in [6.07, 6.45) is 5.15. The normalized spacial score (nSPS) is 16.0. The molecule has 0 N–H and O–H groups in total. The third kappa shape index (κ3) is 5.28. The van der Waals surface area contributed by atoms with E-state index in [2.05, 4.69) is 4.99 Å². The van der Waals surface area contributed by atoms with E-state index in [1.807, 2.05) is 11.4 Å². The van der Waals surface area contributed by atoms with E-state index in [-0.39, 0.29) is 12.8 Å². The van der Waals surface area contributed by atoms with Gasteiger partial charge in [0.15, 0.2) is 6.61 Å². The minimum Gasteiger partial charge on any atom is -0.482 e. The molecule has 1 saturated heterocycles. The lowest BCUT2D eigenvalue weighted by Crippen LogP contribution is -2.33. The molecule has 2 amide bonds. The Morgan fingerprint density at radius 3 is 2.49 bits per heavy atom. The molecule has 186 valence electrons. The van der Waals surface area contributed by atoms with E-state index in [1.54, 1.807) is 60.7 Å². The van der Waals surface area contributed by atoms with Gasteiger partial charge in [-0.15, -0.1) is 16.4 Å². The third-order valence-electron chi connectivity index (χ3n) is 5.58. The van der Waals surface area contributed by atoms with E-state index in [4.69, 9.17) is 9.57 Å². The Morgan fingerprint density at radius 1 is 1.05 bits per heavy atom. The van der Waals surface area contributed by atoms with Gasteiger partial charge in [-0.05, 0) is 66.1 Å². The van der Waals surface area contributed by atoms with Crippen LogP contribution in [0.2, 0.25) is 0 Å². The summed E-state index contributed by atoms with van der Waals surface area (Å²) in [6.45, 7) is -0.485. The van der Waals surface area contributed by atoms with Gasteiger partial charge in [0.05, 0.1) is 17.1 Å². The van der Waals surface area contributed by atoms with E-state index in [9.17, 15) is 23.0 Å². The predicted octanol–water partition coefficient (Wildman–Crippen LogP) is 4.37. The lowest BCUT2D eigenvalue weighted by atomic mass is 10.1. The van der Waals surface area contributed by atoms with Crippen molar-refractivity contribution in [1.82, 2.24) is 9.54 Å². The second-order valence-corrected chi connectivity index (χ2v) is 8.97. The molecule has 3 aromatic rings. The molecule has 0 atom stereocenters. The second-order valence-electron chi connectivity index (χ2n) is 8.03. The minimum absolute atomic E-state index is 0.0127. The predicted molar refractivity (Wildman–Crippen MR) is 134 cm³/mol. The number of rotatable bonds is 8. The topological polar surface area (TPSA) is 90.2 Å². The third-order valence-corrected chi connectivity index (χ3v) is 6.47. The highest BCUT2D eigenvalue weighted by Crippen LogP contribution is 2.29. The summed E-state index contributed by atoms with van der Waals surface area (Å²) in [5, 5.41) is 2.30. The summed E-state index contributed by atoms with van der Waals surface area (Å²) >= 11 is 1.39. The Labute approximate surface area is 214 Å². The lowest BCUT2D eigenvalue weighted by molar-refractivity contribution is -0.198. The zero-order chi connectivity index (χ0) is 25.9. The minimum atomic E-state index is -2.70. The first-order chi connectivity index (χ1) is 17.9. The summed E-state index contributed by atoms with van der Waals surface area (Å²) in [7, 11) is -2.70. The van der Waals surface area contributed by atoms with E-state index in [1.165, 1.54) is 11.3 Å². The summed E-state index contributed by atoms with van der Waals surface area (Å²) in [5.41, 5.74) is 2.71. The molecule has 1 fully saturated rings. The average molecular weight is 521 g/mol. The molecule has 2 aromatic heterocycles. The van der Waals surface area contributed by atoms with Crippen LogP contribution in [-0.2, 0) is 19.2 Å². The first kappa shape index (κ1) is 24.4. The maximum atomic E-state index is 13.8. The molecule has 0 aliphatic carbocycles. The van der Waals surface area contributed by atoms with Crippen LogP contribution in [0.15, 0.2) is 76.8 Å². The molecule has 0 bridgehead atoms. The lowest BCUT2D eigenvalue weighted by Gasteiger charge is -2.13. The molecule has 1 aromatic carbocycles. The van der Waals surface area contributed by atoms with Gasteiger partial charge >= 0.3 is 13.4 Å². The van der Waals surface area contributed by atoms with Gasteiger partial charge in [-0.2, -0.15) is 0 Å². The smallest absolute Gasteiger partial charge is 0.482 e. The number of carbonyl (C=O) groups is 3. The van der Waals surface area contributed by atoms with Crippen LogP contribution in [-0.4, -0.2) is 47.0 Å². The quantitative estimate of drug-likeness (QED) is 0.325. The highest BCUT2D eigenvalue weighted by Gasteiger charge is 2.33. The van der Waals surface area contributed by atoms with Crippen molar-refractivity contribution in [2.24, 2.45) is 4.99 Å². The molecule has 0 spiro atoms. The van der Waals surface area contributed by atoms with Gasteiger partial charge in [-0.3, -0.25) is 18.2 Å². The molecule has 8 nitrogen and oxygen atoms in total. The van der Waals surface area contributed by atoms with Crippen LogP contribution in [0.25, 0.3) is 16.6 Å². The van der Waals surface area contributed by atoms with Crippen molar-refractivity contribution in [2.75, 3.05) is 6.61 Å². The number of ether oxygens (including phenoxy) is 1. The van der Waals surface area contributed by atoms with Gasteiger partial charge < -0.3 is 14.1 Å². The Hall–Kier alpha value is -4.32. The van der Waals surface area contributed by atoms with E-state index in [0.717, 1.165) is 14.9 Å². The van der Waals surface area contributed by atoms with Gasteiger partial charge in [0, 0.05) is 29.0 Å². The van der Waals surface area contributed by atoms with E-state index < -0.39 is 31.8 Å². The number of allylic oxidation sites excluding steroid dienone is 2. The van der Waals surface area contributed by atoms with Gasteiger partial charge in [0.2, 0.25) is 0 Å². The van der Waals surface area contributed by atoms with Gasteiger partial charge in [-0.1, -0.05) is 6.07 Å². The summed E-state index contributed by atoms with van der Waals surface area (Å²) in [4.78, 5) is 44.9. The highest BCUT2D eigenvalue weighted by atomic mass is 32.1. The highest BCUT2D eigenvalue weighted by molar-refractivity contribution is 7.13. The fraction of sp³-hybridized carbons (Fsp3) is 0.120. The number of aromatic nitrogens is 1. The van der Waals surface area contributed by atoms with E-state index in [0.29, 0.717) is 33.6 Å². The molecule has 0 saturated carbocycles. The molecule has 0 radical (unpaired) electrons. The van der Waals surface area contributed by atoms with Crippen molar-refractivity contribution in [2.45, 2.75) is 12.8 Å². The van der Waals surface area contributed by atoms with Crippen molar-refractivity contribution < 1.29 is 32.6 Å². The SMILES string of the molecule is O=C(COc1ccc(C2=N/C(=C\c3ccc(-c4cccs4)n3B(F)F)C=C2)cc1)ON1C(=O)CCC1=O. The zero-order valence-electron chi connectivity index (χ0n) is 19.2. The molecule has 37 heavy (non-hydrogen) atoms. The van der Waals surface area contributed by atoms with Crippen LogP contribution < -0.4 is 4.74 Å². The van der Waals surface area contributed by atoms with Crippen LogP contribution >= 0.6 is 11.3 Å². The molecule has 5 rings (SSSR count). The zero-order valence-corrected chi connectivity index (χ0v) is 20.0. The van der Waals surface area contributed by atoms with Gasteiger partial charge in [0.25, 0.3) is 11.8 Å². The van der Waals surface area contributed by atoms with Gasteiger partial charge in [0.1, 0.15) is 5.75 Å². The number of aliphatic imine (C=N–C) groups is 1. The van der Waals surface area contributed by atoms with Crippen molar-refractivity contribution >= 4 is 48.3 Å². The van der Waals surface area contributed by atoms with Crippen LogP contribution in [0.5, 0.6) is 5.75 Å². The van der Waals surface area contributed by atoms with Crippen LogP contribution in [0.3, 0.4) is 0 Å². The number of hydroxylamine groups is 2. The van der Waals surface area contributed by atoms with Crippen molar-refractivity contribution in [3.05, 3.63) is 83.0 Å². The molecule has 2 aliphatic heterocycles. The average Bonchev–Trinajstić information content (AvgIpc) is 3.69. The Morgan fingerprint density at radius 2 is 1.81 bits per heavy atom. The monoisotopic (exact) mass is 521 g/mol. The van der Waals surface area contributed by atoms with Gasteiger partial charge in [-0.25, -0.2) is 9.79 Å².